The number of Topliss-reactive ketones (excluding diaryl/α,β-unsaturated/α-hetero) is 1. The summed E-state index contributed by atoms with van der Waals surface area (Å²) in [4.78, 5) is 25.9. The number of carbonyl (C=O) groups excluding carboxylic acids is 2. The summed E-state index contributed by atoms with van der Waals surface area (Å²) in [5.41, 5.74) is 8.76. The molecule has 5 N–H and O–H groups in total. The first-order valence-corrected chi connectivity index (χ1v) is 15.7. The molecule has 0 bridgehead atoms. The first kappa shape index (κ1) is 29.6. The van der Waals surface area contributed by atoms with Crippen LogP contribution in [0.4, 0.5) is 5.69 Å². The number of hydrogen-bond donors (Lipinski definition) is 4. The van der Waals surface area contributed by atoms with Gasteiger partial charge in [-0.2, -0.15) is 0 Å². The number of nitrogens with two attached hydrogens (primary N) is 1. The van der Waals surface area contributed by atoms with Crippen molar-refractivity contribution < 1.29 is 34.4 Å². The fourth-order valence-electron chi connectivity index (χ4n) is 9.76. The summed E-state index contributed by atoms with van der Waals surface area (Å²) in [5.74, 6) is -0.316. The number of aliphatic hydroxyl groups excluding tert-OH is 3. The third kappa shape index (κ3) is 4.15. The molecule has 0 amide bonds. The van der Waals surface area contributed by atoms with E-state index in [2.05, 4.69) is 6.92 Å². The minimum atomic E-state index is -1.37. The maximum atomic E-state index is 13.8. The number of benzene rings is 2. The van der Waals surface area contributed by atoms with Gasteiger partial charge in [-0.05, 0) is 73.3 Å². The van der Waals surface area contributed by atoms with Gasteiger partial charge in [0.1, 0.15) is 6.61 Å². The summed E-state index contributed by atoms with van der Waals surface area (Å²) >= 11 is 0. The maximum absolute atomic E-state index is 13.8. The highest BCUT2D eigenvalue weighted by Gasteiger charge is 2.75. The van der Waals surface area contributed by atoms with Gasteiger partial charge >= 0.3 is 0 Å². The smallest absolute Gasteiger partial charge is 0.193 e. The Labute approximate surface area is 257 Å². The van der Waals surface area contributed by atoms with E-state index >= 15 is 0 Å². The number of fused-ring (bicyclic) bond motifs is 7. The second-order valence-electron chi connectivity index (χ2n) is 13.9. The maximum Gasteiger partial charge on any atom is 0.193 e. The molecule has 8 nitrogen and oxygen atoms in total. The van der Waals surface area contributed by atoms with Crippen LogP contribution in [0.25, 0.3) is 0 Å². The Morgan fingerprint density at radius 1 is 1.09 bits per heavy atom. The second kappa shape index (κ2) is 10.5. The lowest BCUT2D eigenvalue weighted by Gasteiger charge is -2.59. The number of anilines is 1. The van der Waals surface area contributed by atoms with Gasteiger partial charge in [-0.3, -0.25) is 9.59 Å². The molecular formula is C36H41NO7. The number of carbonyl (C=O) groups is 2. The summed E-state index contributed by atoms with van der Waals surface area (Å²) in [5, 5.41) is 31.4. The Hall–Kier alpha value is -3.14. The van der Waals surface area contributed by atoms with Crippen LogP contribution in [-0.4, -0.2) is 51.3 Å². The van der Waals surface area contributed by atoms with Crippen molar-refractivity contribution in [2.45, 2.75) is 76.7 Å². The molecule has 2 aromatic rings. The SMILES string of the molecule is C[C@]12C=CC(=O)C=C1CCC1[C@@H]2C(O)C[C@@]2(C)[C@H]1CC1OC(c3ccc(Cc4ccc(CO)c(N)c4)cc3)O[C@]12C(=O)CO. The van der Waals surface area contributed by atoms with Gasteiger partial charge in [0, 0.05) is 33.6 Å². The molecule has 7 rings (SSSR count). The summed E-state index contributed by atoms with van der Waals surface area (Å²) in [6.07, 6.45) is 6.51. The van der Waals surface area contributed by atoms with E-state index in [0.29, 0.717) is 30.5 Å². The molecular weight excluding hydrogens is 558 g/mol. The number of rotatable bonds is 6. The molecule has 0 spiro atoms. The van der Waals surface area contributed by atoms with Gasteiger partial charge in [-0.25, -0.2) is 0 Å². The molecule has 0 radical (unpaired) electrons. The van der Waals surface area contributed by atoms with Crippen LogP contribution < -0.4 is 5.73 Å². The zero-order valence-corrected chi connectivity index (χ0v) is 25.2. The van der Waals surface area contributed by atoms with Crippen molar-refractivity contribution in [2.75, 3.05) is 12.3 Å². The molecule has 44 heavy (non-hydrogen) atoms. The van der Waals surface area contributed by atoms with Crippen molar-refractivity contribution in [1.29, 1.82) is 0 Å². The predicted octanol–water partition coefficient (Wildman–Crippen LogP) is 3.95. The number of ketones is 2. The van der Waals surface area contributed by atoms with Crippen LogP contribution in [0.15, 0.2) is 66.3 Å². The molecule has 4 aliphatic carbocycles. The van der Waals surface area contributed by atoms with E-state index in [1.54, 1.807) is 12.2 Å². The minimum Gasteiger partial charge on any atom is -0.398 e. The first-order valence-electron chi connectivity index (χ1n) is 15.7. The van der Waals surface area contributed by atoms with Gasteiger partial charge < -0.3 is 30.5 Å². The second-order valence-corrected chi connectivity index (χ2v) is 13.9. The van der Waals surface area contributed by atoms with Crippen LogP contribution in [0.1, 0.15) is 68.1 Å². The van der Waals surface area contributed by atoms with E-state index in [1.807, 2.05) is 55.5 Å². The third-order valence-electron chi connectivity index (χ3n) is 11.8. The van der Waals surface area contributed by atoms with E-state index in [1.165, 1.54) is 0 Å². The fraction of sp³-hybridized carbons (Fsp3) is 0.500. The average molecular weight is 600 g/mol. The lowest BCUT2D eigenvalue weighted by Crippen LogP contribution is -2.63. The summed E-state index contributed by atoms with van der Waals surface area (Å²) in [7, 11) is 0. The molecule has 4 fully saturated rings. The highest BCUT2D eigenvalue weighted by molar-refractivity contribution is 6.01. The van der Waals surface area contributed by atoms with E-state index in [9.17, 15) is 24.9 Å². The number of hydrogen-bond acceptors (Lipinski definition) is 8. The van der Waals surface area contributed by atoms with Crippen LogP contribution in [-0.2, 0) is 32.1 Å². The third-order valence-corrected chi connectivity index (χ3v) is 11.8. The Bertz CT molecular complexity index is 1560. The zero-order valence-electron chi connectivity index (χ0n) is 25.2. The average Bonchev–Trinajstić information content (AvgIpc) is 3.50. The van der Waals surface area contributed by atoms with Crippen LogP contribution in [0, 0.1) is 28.6 Å². The Balaban J connectivity index is 1.15. The van der Waals surface area contributed by atoms with Crippen molar-refractivity contribution in [3.63, 3.8) is 0 Å². The number of ether oxygens (including phenoxy) is 2. The molecule has 1 aliphatic heterocycles. The molecule has 5 aliphatic rings. The van der Waals surface area contributed by atoms with Crippen LogP contribution >= 0.6 is 0 Å². The molecule has 4 unspecified atom stereocenters. The van der Waals surface area contributed by atoms with Crippen molar-refractivity contribution in [3.05, 3.63) is 88.5 Å². The van der Waals surface area contributed by atoms with Crippen molar-refractivity contribution in [2.24, 2.45) is 28.6 Å². The highest BCUT2D eigenvalue weighted by atomic mass is 16.7. The normalized spacial score (nSPS) is 38.8. The highest BCUT2D eigenvalue weighted by Crippen LogP contribution is 2.70. The standard InChI is InChI=1S/C36H41NO7/c1-34-12-11-25(40)15-24(34)9-10-26-27-16-31-36(30(42)19-39,35(27,2)17-29(41)32(26)34)44-33(43-31)22-6-3-20(4-7-22)13-21-5-8-23(18-38)28(37)14-21/h3-8,11-12,14-15,26-27,29,31-33,38-39,41H,9-10,13,16-19,37H2,1-2H3/t26?,27-,29?,31?,32+,33?,34-,35-,36+/m0/s1. The Morgan fingerprint density at radius 3 is 2.55 bits per heavy atom. The molecule has 2 aromatic carbocycles. The molecule has 1 saturated heterocycles. The number of nitrogen functional groups attached to an aromatic ring is 1. The fourth-order valence-corrected chi connectivity index (χ4v) is 9.76. The lowest BCUT2D eigenvalue weighted by molar-refractivity contribution is -0.201. The van der Waals surface area contributed by atoms with Crippen molar-refractivity contribution >= 4 is 17.3 Å². The van der Waals surface area contributed by atoms with Gasteiger partial charge in [0.25, 0.3) is 0 Å². The van der Waals surface area contributed by atoms with Crippen molar-refractivity contribution in [1.82, 2.24) is 0 Å². The molecule has 0 aromatic heterocycles. The van der Waals surface area contributed by atoms with Gasteiger partial charge in [0.05, 0.1) is 18.8 Å². The summed E-state index contributed by atoms with van der Waals surface area (Å²) < 4.78 is 13.3. The van der Waals surface area contributed by atoms with E-state index in [4.69, 9.17) is 15.2 Å². The zero-order chi connectivity index (χ0) is 31.0. The lowest BCUT2D eigenvalue weighted by atomic mass is 9.46. The minimum absolute atomic E-state index is 0.00349. The van der Waals surface area contributed by atoms with Crippen LogP contribution in [0.5, 0.6) is 0 Å². The van der Waals surface area contributed by atoms with Gasteiger partial charge in [0.2, 0.25) is 0 Å². The molecule has 1 heterocycles. The van der Waals surface area contributed by atoms with E-state index in [0.717, 1.165) is 35.1 Å². The quantitative estimate of drug-likeness (QED) is 0.366. The predicted molar refractivity (Wildman–Crippen MR) is 163 cm³/mol. The Morgan fingerprint density at radius 2 is 1.84 bits per heavy atom. The van der Waals surface area contributed by atoms with E-state index < -0.39 is 47.3 Å². The van der Waals surface area contributed by atoms with E-state index in [-0.39, 0.29) is 30.1 Å². The van der Waals surface area contributed by atoms with Gasteiger partial charge in [-0.1, -0.05) is 61.9 Å². The molecule has 232 valence electrons. The summed E-state index contributed by atoms with van der Waals surface area (Å²) in [6.45, 7) is 3.41. The monoisotopic (exact) mass is 599 g/mol. The Kier molecular flexibility index (Phi) is 7.03. The molecule has 9 atom stereocenters. The van der Waals surface area contributed by atoms with Crippen molar-refractivity contribution in [3.8, 4) is 0 Å². The largest absolute Gasteiger partial charge is 0.398 e. The molecule has 8 heteroatoms. The van der Waals surface area contributed by atoms with Gasteiger partial charge in [0.15, 0.2) is 23.5 Å². The van der Waals surface area contributed by atoms with Crippen LogP contribution in [0.3, 0.4) is 0 Å². The number of allylic oxidation sites excluding steroid dienone is 4. The summed E-state index contributed by atoms with van der Waals surface area (Å²) in [6, 6.07) is 13.6. The van der Waals surface area contributed by atoms with Gasteiger partial charge in [-0.15, -0.1) is 0 Å². The topological polar surface area (TPSA) is 139 Å². The van der Waals surface area contributed by atoms with Crippen LogP contribution in [0.2, 0.25) is 0 Å². The molecule has 3 saturated carbocycles. The number of aliphatic hydroxyl groups is 3. The first-order chi connectivity index (χ1) is 21.0.